The summed E-state index contributed by atoms with van der Waals surface area (Å²) in [6, 6.07) is 3.91. The highest BCUT2D eigenvalue weighted by atomic mass is 16.6. The molecule has 1 fully saturated rings. The Morgan fingerprint density at radius 1 is 1.24 bits per heavy atom. The fourth-order valence-corrected chi connectivity index (χ4v) is 3.20. The van der Waals surface area contributed by atoms with Crippen molar-refractivity contribution in [1.82, 2.24) is 24.9 Å². The number of aromatic nitrogens is 3. The summed E-state index contributed by atoms with van der Waals surface area (Å²) >= 11 is 0. The molecule has 0 saturated carbocycles. The minimum absolute atomic E-state index is 0.0263. The van der Waals surface area contributed by atoms with Gasteiger partial charge in [0.1, 0.15) is 5.60 Å². The van der Waals surface area contributed by atoms with Crippen molar-refractivity contribution in [1.29, 1.82) is 0 Å². The zero-order valence-electron chi connectivity index (χ0n) is 18.2. The number of amides is 1. The normalized spacial score (nSPS) is 18.7. The van der Waals surface area contributed by atoms with E-state index in [-0.39, 0.29) is 17.6 Å². The van der Waals surface area contributed by atoms with Crippen LogP contribution in [0.4, 0.5) is 4.79 Å². The van der Waals surface area contributed by atoms with Crippen molar-refractivity contribution in [2.45, 2.75) is 65.1 Å². The van der Waals surface area contributed by atoms with E-state index in [2.05, 4.69) is 20.0 Å². The Balaban J connectivity index is 1.78. The largest absolute Gasteiger partial charge is 0.444 e. The van der Waals surface area contributed by atoms with Crippen LogP contribution < -0.4 is 0 Å². The molecule has 1 amide bonds. The standard InChI is InChI=1S/C21H31N5O3/c1-20(2,3)18-23-17(24-29-18)14-25-10-11-26(19(27)28-21(4,5)6)13-16(25)15-8-7-9-22-12-15/h7-9,12,16H,10-11,13-14H2,1-6H3/t16-/m1/s1. The van der Waals surface area contributed by atoms with Crippen LogP contribution in [0.25, 0.3) is 0 Å². The second-order valence-electron chi connectivity index (χ2n) is 9.46. The number of carbonyl (C=O) groups excluding carboxylic acids is 1. The molecule has 29 heavy (non-hydrogen) atoms. The predicted octanol–water partition coefficient (Wildman–Crippen LogP) is 3.56. The van der Waals surface area contributed by atoms with Crippen molar-refractivity contribution in [2.24, 2.45) is 0 Å². The first-order valence-corrected chi connectivity index (χ1v) is 9.98. The molecule has 1 atom stereocenters. The molecule has 0 spiro atoms. The lowest BCUT2D eigenvalue weighted by atomic mass is 9.97. The minimum atomic E-state index is -0.522. The number of nitrogens with zero attached hydrogens (tertiary/aromatic N) is 5. The summed E-state index contributed by atoms with van der Waals surface area (Å²) in [5.41, 5.74) is 0.329. The van der Waals surface area contributed by atoms with Crippen molar-refractivity contribution in [3.05, 3.63) is 41.8 Å². The van der Waals surface area contributed by atoms with Crippen molar-refractivity contribution in [3.63, 3.8) is 0 Å². The zero-order chi connectivity index (χ0) is 21.2. The van der Waals surface area contributed by atoms with Crippen LogP contribution in [0, 0.1) is 0 Å². The Morgan fingerprint density at radius 3 is 2.59 bits per heavy atom. The van der Waals surface area contributed by atoms with Gasteiger partial charge in [-0.25, -0.2) is 4.79 Å². The van der Waals surface area contributed by atoms with Crippen LogP contribution in [-0.4, -0.2) is 56.3 Å². The van der Waals surface area contributed by atoms with Crippen LogP contribution in [0.15, 0.2) is 29.0 Å². The lowest BCUT2D eigenvalue weighted by molar-refractivity contribution is 0.00150. The fraction of sp³-hybridized carbons (Fsp3) is 0.619. The molecule has 0 aliphatic carbocycles. The van der Waals surface area contributed by atoms with E-state index in [0.717, 1.165) is 5.56 Å². The third-order valence-electron chi connectivity index (χ3n) is 4.67. The first-order chi connectivity index (χ1) is 13.5. The van der Waals surface area contributed by atoms with E-state index >= 15 is 0 Å². The molecule has 0 unspecified atom stereocenters. The number of carbonyl (C=O) groups is 1. The number of pyridine rings is 1. The van der Waals surface area contributed by atoms with Crippen LogP contribution in [0.3, 0.4) is 0 Å². The fourth-order valence-electron chi connectivity index (χ4n) is 3.20. The molecule has 0 radical (unpaired) electrons. The molecule has 1 aliphatic heterocycles. The highest BCUT2D eigenvalue weighted by molar-refractivity contribution is 5.68. The summed E-state index contributed by atoms with van der Waals surface area (Å²) in [5.74, 6) is 1.27. The molecular formula is C21H31N5O3. The van der Waals surface area contributed by atoms with Gasteiger partial charge in [0, 0.05) is 37.4 Å². The van der Waals surface area contributed by atoms with Crippen LogP contribution >= 0.6 is 0 Å². The summed E-state index contributed by atoms with van der Waals surface area (Å²) in [4.78, 5) is 25.4. The molecule has 0 bridgehead atoms. The van der Waals surface area contributed by atoms with E-state index in [1.165, 1.54) is 0 Å². The monoisotopic (exact) mass is 401 g/mol. The molecule has 8 heteroatoms. The van der Waals surface area contributed by atoms with E-state index in [4.69, 9.17) is 9.26 Å². The third-order valence-corrected chi connectivity index (χ3v) is 4.67. The minimum Gasteiger partial charge on any atom is -0.444 e. The van der Waals surface area contributed by atoms with E-state index in [0.29, 0.717) is 37.9 Å². The smallest absolute Gasteiger partial charge is 0.410 e. The summed E-state index contributed by atoms with van der Waals surface area (Å²) in [6.07, 6.45) is 3.30. The van der Waals surface area contributed by atoms with Gasteiger partial charge in [-0.2, -0.15) is 4.98 Å². The summed E-state index contributed by atoms with van der Waals surface area (Å²) < 4.78 is 11.0. The van der Waals surface area contributed by atoms with Crippen LogP contribution in [0.1, 0.15) is 64.9 Å². The lowest BCUT2D eigenvalue weighted by Crippen LogP contribution is -2.51. The SMILES string of the molecule is CC(C)(C)OC(=O)N1CCN(Cc2noc(C(C)(C)C)n2)[C@@H](c2cccnc2)C1. The van der Waals surface area contributed by atoms with Gasteiger partial charge in [0.25, 0.3) is 0 Å². The molecule has 8 nitrogen and oxygen atoms in total. The van der Waals surface area contributed by atoms with Gasteiger partial charge in [0.15, 0.2) is 5.82 Å². The van der Waals surface area contributed by atoms with Gasteiger partial charge in [-0.1, -0.05) is 32.0 Å². The predicted molar refractivity (Wildman–Crippen MR) is 108 cm³/mol. The Hall–Kier alpha value is -2.48. The highest BCUT2D eigenvalue weighted by Crippen LogP contribution is 2.28. The van der Waals surface area contributed by atoms with E-state index in [1.807, 2.05) is 59.9 Å². The van der Waals surface area contributed by atoms with Gasteiger partial charge in [-0.05, 0) is 32.4 Å². The second-order valence-corrected chi connectivity index (χ2v) is 9.46. The highest BCUT2D eigenvalue weighted by Gasteiger charge is 2.34. The van der Waals surface area contributed by atoms with Crippen LogP contribution in [-0.2, 0) is 16.7 Å². The van der Waals surface area contributed by atoms with Crippen molar-refractivity contribution >= 4 is 6.09 Å². The van der Waals surface area contributed by atoms with E-state index in [9.17, 15) is 4.79 Å². The molecule has 2 aromatic rings. The van der Waals surface area contributed by atoms with Crippen molar-refractivity contribution in [3.8, 4) is 0 Å². The molecule has 0 aromatic carbocycles. The third kappa shape index (κ3) is 5.53. The van der Waals surface area contributed by atoms with Crippen molar-refractivity contribution < 1.29 is 14.1 Å². The Bertz CT molecular complexity index is 823. The lowest BCUT2D eigenvalue weighted by Gasteiger charge is -2.41. The average molecular weight is 402 g/mol. The first kappa shape index (κ1) is 21.2. The summed E-state index contributed by atoms with van der Waals surface area (Å²) in [5, 5.41) is 4.16. The number of ether oxygens (including phenoxy) is 1. The summed E-state index contributed by atoms with van der Waals surface area (Å²) in [6.45, 7) is 14.1. The maximum absolute atomic E-state index is 12.6. The Kier molecular flexibility index (Phi) is 5.93. The van der Waals surface area contributed by atoms with Crippen molar-refractivity contribution in [2.75, 3.05) is 19.6 Å². The molecule has 3 rings (SSSR count). The first-order valence-electron chi connectivity index (χ1n) is 9.98. The maximum Gasteiger partial charge on any atom is 0.410 e. The molecule has 1 saturated heterocycles. The van der Waals surface area contributed by atoms with Gasteiger partial charge in [0.05, 0.1) is 12.6 Å². The molecule has 3 heterocycles. The van der Waals surface area contributed by atoms with Gasteiger partial charge in [-0.15, -0.1) is 0 Å². The molecule has 158 valence electrons. The number of hydrogen-bond donors (Lipinski definition) is 0. The number of piperazine rings is 1. The second kappa shape index (κ2) is 8.10. The summed E-state index contributed by atoms with van der Waals surface area (Å²) in [7, 11) is 0. The molecule has 2 aromatic heterocycles. The average Bonchev–Trinajstić information content (AvgIpc) is 3.10. The Morgan fingerprint density at radius 2 is 2.00 bits per heavy atom. The number of rotatable bonds is 3. The van der Waals surface area contributed by atoms with Gasteiger partial charge >= 0.3 is 6.09 Å². The van der Waals surface area contributed by atoms with Gasteiger partial charge in [-0.3, -0.25) is 9.88 Å². The quantitative estimate of drug-likeness (QED) is 0.777. The van der Waals surface area contributed by atoms with E-state index < -0.39 is 5.60 Å². The zero-order valence-corrected chi connectivity index (χ0v) is 18.2. The Labute approximate surface area is 172 Å². The maximum atomic E-state index is 12.6. The van der Waals surface area contributed by atoms with Gasteiger partial charge in [0.2, 0.25) is 5.89 Å². The topological polar surface area (TPSA) is 84.6 Å². The van der Waals surface area contributed by atoms with Crippen LogP contribution in [0.5, 0.6) is 0 Å². The van der Waals surface area contributed by atoms with Crippen LogP contribution in [0.2, 0.25) is 0 Å². The molecule has 1 aliphatic rings. The molecular weight excluding hydrogens is 370 g/mol. The molecule has 0 N–H and O–H groups in total. The number of hydrogen-bond acceptors (Lipinski definition) is 7. The van der Waals surface area contributed by atoms with E-state index in [1.54, 1.807) is 11.1 Å². The van der Waals surface area contributed by atoms with Gasteiger partial charge < -0.3 is 14.2 Å².